The number of amides is 3. The molecule has 4 aromatic carbocycles. The minimum atomic E-state index is -0.457. The highest BCUT2D eigenvalue weighted by atomic mass is 32.2. The molecule has 5 rings (SSSR count). The molecule has 3 amide bonds. The lowest BCUT2D eigenvalue weighted by atomic mass is 10.2. The van der Waals surface area contributed by atoms with Crippen LogP contribution in [0.5, 0.6) is 0 Å². The molecule has 1 unspecified atom stereocenters. The third-order valence-corrected chi connectivity index (χ3v) is 8.17. The van der Waals surface area contributed by atoms with Gasteiger partial charge in [0.25, 0.3) is 11.8 Å². The molecule has 0 aliphatic heterocycles. The van der Waals surface area contributed by atoms with Crippen molar-refractivity contribution in [1.29, 1.82) is 0 Å². The number of anilines is 3. The maximum Gasteiger partial charge on any atom is 0.272 e. The Bertz CT molecular complexity index is 1670. The smallest absolute Gasteiger partial charge is 0.272 e. The number of hydrogen-bond acceptors (Lipinski definition) is 5. The Labute approximate surface area is 259 Å². The van der Waals surface area contributed by atoms with Crippen LogP contribution in [0.2, 0.25) is 0 Å². The monoisotopic (exact) mass is 603 g/mol. The van der Waals surface area contributed by atoms with Crippen LogP contribution in [0, 0.1) is 0 Å². The number of carbonyl (C=O) groups excluding carboxylic acids is 3. The third kappa shape index (κ3) is 7.88. The van der Waals surface area contributed by atoms with Gasteiger partial charge in [-0.25, -0.2) is 0 Å². The number of benzene rings is 4. The first-order valence-electron chi connectivity index (χ1n) is 13.6. The Morgan fingerprint density at radius 2 is 1.42 bits per heavy atom. The number of nitrogens with zero attached hydrogens (tertiary/aromatic N) is 1. The summed E-state index contributed by atoms with van der Waals surface area (Å²) in [5.41, 5.74) is 3.49. The van der Waals surface area contributed by atoms with Crippen LogP contribution in [0.1, 0.15) is 22.8 Å². The van der Waals surface area contributed by atoms with E-state index in [0.717, 1.165) is 21.8 Å². The third-order valence-electron chi connectivity index (χ3n) is 6.38. The van der Waals surface area contributed by atoms with Gasteiger partial charge in [-0.05, 0) is 90.0 Å². The number of rotatable bonds is 10. The molecule has 0 saturated heterocycles. The molecule has 0 spiro atoms. The van der Waals surface area contributed by atoms with E-state index in [4.69, 9.17) is 0 Å². The molecule has 5 aromatic rings. The summed E-state index contributed by atoms with van der Waals surface area (Å²) in [4.78, 5) is 42.6. The lowest BCUT2D eigenvalue weighted by Gasteiger charge is -2.26. The zero-order valence-corrected chi connectivity index (χ0v) is 25.0. The average molecular weight is 604 g/mol. The van der Waals surface area contributed by atoms with E-state index in [9.17, 15) is 14.4 Å². The van der Waals surface area contributed by atoms with E-state index in [-0.39, 0.29) is 17.5 Å². The van der Waals surface area contributed by atoms with Gasteiger partial charge in [0.2, 0.25) is 5.91 Å². The minimum absolute atomic E-state index is 0.0681. The summed E-state index contributed by atoms with van der Waals surface area (Å²) in [5.74, 6) is -0.905. The van der Waals surface area contributed by atoms with Crippen LogP contribution in [0.4, 0.5) is 17.1 Å². The van der Waals surface area contributed by atoms with E-state index in [0.29, 0.717) is 11.3 Å². The molecule has 0 saturated carbocycles. The molecule has 0 fully saturated rings. The first-order valence-corrected chi connectivity index (χ1v) is 15.4. The van der Waals surface area contributed by atoms with Crippen molar-refractivity contribution in [2.24, 2.45) is 0 Å². The molecule has 0 aliphatic carbocycles. The Balaban J connectivity index is 1.32. The highest BCUT2D eigenvalue weighted by Crippen LogP contribution is 2.32. The van der Waals surface area contributed by atoms with Crippen LogP contribution in [0.25, 0.3) is 6.08 Å². The van der Waals surface area contributed by atoms with Crippen LogP contribution in [0.15, 0.2) is 143 Å². The van der Waals surface area contributed by atoms with Gasteiger partial charge < -0.3 is 10.6 Å². The lowest BCUT2D eigenvalue weighted by Crippen LogP contribution is -2.32. The summed E-state index contributed by atoms with van der Waals surface area (Å²) in [6.07, 6.45) is 1.65. The van der Waals surface area contributed by atoms with Crippen LogP contribution in [0.3, 0.4) is 0 Å². The summed E-state index contributed by atoms with van der Waals surface area (Å²) >= 11 is 2.90. The van der Waals surface area contributed by atoms with Crippen LogP contribution < -0.4 is 15.5 Å². The number of thiophene rings is 1. The fraction of sp³-hybridized carbons (Fsp3) is 0.0571. The van der Waals surface area contributed by atoms with Gasteiger partial charge in [0, 0.05) is 27.5 Å². The van der Waals surface area contributed by atoms with Crippen molar-refractivity contribution in [2.45, 2.75) is 17.1 Å². The molecule has 1 aromatic heterocycles. The van der Waals surface area contributed by atoms with Crippen molar-refractivity contribution in [2.75, 3.05) is 10.2 Å². The molecule has 6 nitrogen and oxygen atoms in total. The van der Waals surface area contributed by atoms with E-state index >= 15 is 0 Å². The normalized spacial score (nSPS) is 11.8. The van der Waals surface area contributed by atoms with Gasteiger partial charge in [-0.3, -0.25) is 19.3 Å². The van der Waals surface area contributed by atoms with Gasteiger partial charge in [-0.1, -0.05) is 60.7 Å². The predicted molar refractivity (Wildman–Crippen MR) is 177 cm³/mol. The fourth-order valence-electron chi connectivity index (χ4n) is 4.31. The molecule has 0 radical (unpaired) electrons. The Hall–Kier alpha value is -4.92. The molecule has 0 aliphatic rings. The van der Waals surface area contributed by atoms with Gasteiger partial charge in [-0.2, -0.15) is 11.3 Å². The molecule has 0 bridgehead atoms. The standard InChI is InChI=1S/C35H29N3O3S2/c1-25(35(41)38(29-15-7-3-8-16-29)30-17-9-4-10-18-30)43-31-19-11-14-28(23-31)36-34(40)32(22-26-20-21-42-24-26)37-33(39)27-12-5-2-6-13-27/h2-25H,1H3,(H,36,40)(H,37,39)/b32-22+. The quantitative estimate of drug-likeness (QED) is 0.125. The Morgan fingerprint density at radius 3 is 2.02 bits per heavy atom. The van der Waals surface area contributed by atoms with Crippen LogP contribution in [-0.2, 0) is 9.59 Å². The van der Waals surface area contributed by atoms with Crippen molar-refractivity contribution in [3.8, 4) is 0 Å². The molecule has 43 heavy (non-hydrogen) atoms. The first kappa shape index (κ1) is 29.6. The van der Waals surface area contributed by atoms with Crippen molar-refractivity contribution in [3.63, 3.8) is 0 Å². The summed E-state index contributed by atoms with van der Waals surface area (Å²) in [7, 11) is 0. The second kappa shape index (κ2) is 14.3. The maximum atomic E-state index is 13.8. The second-order valence-corrected chi connectivity index (χ2v) is 11.7. The van der Waals surface area contributed by atoms with Crippen molar-refractivity contribution < 1.29 is 14.4 Å². The highest BCUT2D eigenvalue weighted by molar-refractivity contribution is 8.00. The summed E-state index contributed by atoms with van der Waals surface area (Å²) in [6, 6.07) is 37.1. The van der Waals surface area contributed by atoms with Gasteiger partial charge >= 0.3 is 0 Å². The zero-order chi connectivity index (χ0) is 30.0. The molecular formula is C35H29N3O3S2. The molecule has 2 N–H and O–H groups in total. The summed E-state index contributed by atoms with van der Waals surface area (Å²) < 4.78 is 0. The molecular weight excluding hydrogens is 575 g/mol. The summed E-state index contributed by atoms with van der Waals surface area (Å²) in [6.45, 7) is 1.87. The van der Waals surface area contributed by atoms with Crippen molar-refractivity contribution in [1.82, 2.24) is 5.32 Å². The van der Waals surface area contributed by atoms with E-state index < -0.39 is 11.2 Å². The highest BCUT2D eigenvalue weighted by Gasteiger charge is 2.24. The lowest BCUT2D eigenvalue weighted by molar-refractivity contribution is -0.117. The topological polar surface area (TPSA) is 78.5 Å². The Kier molecular flexibility index (Phi) is 9.84. The van der Waals surface area contributed by atoms with E-state index in [1.807, 2.05) is 109 Å². The molecule has 8 heteroatoms. The van der Waals surface area contributed by atoms with Crippen LogP contribution in [-0.4, -0.2) is 23.0 Å². The number of thioether (sulfide) groups is 1. The number of nitrogens with one attached hydrogen (secondary N) is 2. The summed E-state index contributed by atoms with van der Waals surface area (Å²) in [5, 5.41) is 9.03. The van der Waals surface area contributed by atoms with E-state index in [1.165, 1.54) is 23.1 Å². The SMILES string of the molecule is CC(Sc1cccc(NC(=O)/C(=C\c2ccsc2)NC(=O)c2ccccc2)c1)C(=O)N(c1ccccc1)c1ccccc1. The first-order chi connectivity index (χ1) is 21.0. The minimum Gasteiger partial charge on any atom is -0.321 e. The maximum absolute atomic E-state index is 13.8. The number of hydrogen-bond donors (Lipinski definition) is 2. The number of para-hydroxylation sites is 2. The average Bonchev–Trinajstić information content (AvgIpc) is 3.56. The fourth-order valence-corrected chi connectivity index (χ4v) is 5.89. The molecule has 214 valence electrons. The second-order valence-electron chi connectivity index (χ2n) is 9.52. The Morgan fingerprint density at radius 1 is 0.791 bits per heavy atom. The van der Waals surface area contributed by atoms with E-state index in [1.54, 1.807) is 41.3 Å². The number of carbonyl (C=O) groups is 3. The van der Waals surface area contributed by atoms with Crippen molar-refractivity contribution >= 4 is 64.0 Å². The van der Waals surface area contributed by atoms with E-state index in [2.05, 4.69) is 10.6 Å². The molecule has 1 heterocycles. The van der Waals surface area contributed by atoms with Crippen molar-refractivity contribution in [3.05, 3.63) is 149 Å². The predicted octanol–water partition coefficient (Wildman–Crippen LogP) is 8.00. The zero-order valence-electron chi connectivity index (χ0n) is 23.3. The van der Waals surface area contributed by atoms with Crippen LogP contribution >= 0.6 is 23.1 Å². The van der Waals surface area contributed by atoms with Gasteiger partial charge in [0.1, 0.15) is 5.70 Å². The van der Waals surface area contributed by atoms with Gasteiger partial charge in [0.05, 0.1) is 5.25 Å². The van der Waals surface area contributed by atoms with Gasteiger partial charge in [0.15, 0.2) is 0 Å². The molecule has 1 atom stereocenters. The largest absolute Gasteiger partial charge is 0.321 e. The van der Waals surface area contributed by atoms with Gasteiger partial charge in [-0.15, -0.1) is 11.8 Å².